The Hall–Kier alpha value is -2.17. The number of nitrogens with one attached hydrogen (secondary N) is 1. The predicted octanol–water partition coefficient (Wildman–Crippen LogP) is 2.19. The van der Waals surface area contributed by atoms with Crippen LogP contribution in [-0.4, -0.2) is 21.6 Å². The number of aromatic nitrogens is 3. The van der Waals surface area contributed by atoms with Crippen LogP contribution in [0.25, 0.3) is 0 Å². The van der Waals surface area contributed by atoms with Crippen molar-refractivity contribution < 1.29 is 4.74 Å². The summed E-state index contributed by atoms with van der Waals surface area (Å²) < 4.78 is 5.43. The van der Waals surface area contributed by atoms with E-state index in [2.05, 4.69) is 20.3 Å². The summed E-state index contributed by atoms with van der Waals surface area (Å²) in [7, 11) is 0. The van der Waals surface area contributed by atoms with Crippen molar-refractivity contribution in [3.05, 3.63) is 42.0 Å². The average Bonchev–Trinajstić information content (AvgIpc) is 2.41. The zero-order valence-corrected chi connectivity index (χ0v) is 10.6. The van der Waals surface area contributed by atoms with Gasteiger partial charge in [0.25, 0.3) is 0 Å². The molecule has 0 aliphatic rings. The molecular weight excluding hydrogens is 228 g/mol. The monoisotopic (exact) mass is 244 g/mol. The topological polar surface area (TPSA) is 59.9 Å². The van der Waals surface area contributed by atoms with E-state index in [1.54, 1.807) is 6.20 Å². The molecule has 1 N–H and O–H groups in total. The van der Waals surface area contributed by atoms with E-state index in [1.807, 2.05) is 32.2 Å². The maximum Gasteiger partial charge on any atom is 0.221 e. The van der Waals surface area contributed by atoms with Crippen molar-refractivity contribution in [2.75, 3.05) is 11.9 Å². The van der Waals surface area contributed by atoms with Gasteiger partial charge in [0.2, 0.25) is 5.88 Å². The Balaban J connectivity index is 2.08. The third-order valence-corrected chi connectivity index (χ3v) is 2.50. The maximum atomic E-state index is 5.43. The van der Waals surface area contributed by atoms with E-state index >= 15 is 0 Å². The Morgan fingerprint density at radius 2 is 2.22 bits per heavy atom. The smallest absolute Gasteiger partial charge is 0.221 e. The highest BCUT2D eigenvalue weighted by Crippen LogP contribution is 2.20. The lowest BCUT2D eigenvalue weighted by Gasteiger charge is -2.11. The quantitative estimate of drug-likeness (QED) is 0.873. The van der Waals surface area contributed by atoms with Gasteiger partial charge in [-0.15, -0.1) is 0 Å². The summed E-state index contributed by atoms with van der Waals surface area (Å²) in [4.78, 5) is 12.4. The fraction of sp³-hybridized carbons (Fsp3) is 0.308. The molecular formula is C13H16N4O. The third-order valence-electron chi connectivity index (χ3n) is 2.50. The lowest BCUT2D eigenvalue weighted by molar-refractivity contribution is 0.324. The van der Waals surface area contributed by atoms with E-state index in [-0.39, 0.29) is 0 Å². The van der Waals surface area contributed by atoms with Gasteiger partial charge in [-0.2, -0.15) is 0 Å². The summed E-state index contributed by atoms with van der Waals surface area (Å²) >= 11 is 0. The van der Waals surface area contributed by atoms with Crippen LogP contribution in [0.3, 0.4) is 0 Å². The summed E-state index contributed by atoms with van der Waals surface area (Å²) in [6, 6.07) is 3.93. The molecule has 2 aromatic heterocycles. The van der Waals surface area contributed by atoms with Crippen LogP contribution in [0.2, 0.25) is 0 Å². The van der Waals surface area contributed by atoms with Crippen molar-refractivity contribution >= 4 is 5.82 Å². The molecule has 0 saturated carbocycles. The molecule has 0 unspecified atom stereocenters. The summed E-state index contributed by atoms with van der Waals surface area (Å²) in [5, 5.41) is 3.26. The molecule has 0 atom stereocenters. The highest BCUT2D eigenvalue weighted by atomic mass is 16.5. The SMILES string of the molecule is CCOc1ncnc(NCc2cccnc2)c1C. The van der Waals surface area contributed by atoms with Crippen molar-refractivity contribution in [2.45, 2.75) is 20.4 Å². The molecule has 2 aromatic rings. The minimum atomic E-state index is 0.597. The summed E-state index contributed by atoms with van der Waals surface area (Å²) in [6.07, 6.45) is 5.09. The van der Waals surface area contributed by atoms with Crippen LogP contribution in [0, 0.1) is 6.92 Å². The van der Waals surface area contributed by atoms with Crippen molar-refractivity contribution in [3.8, 4) is 5.88 Å². The fourth-order valence-electron chi connectivity index (χ4n) is 1.58. The standard InChI is InChI=1S/C13H16N4O/c1-3-18-13-10(2)12(16-9-17-13)15-8-11-5-4-6-14-7-11/h4-7,9H,3,8H2,1-2H3,(H,15,16,17). The number of hydrogen-bond acceptors (Lipinski definition) is 5. The van der Waals surface area contributed by atoms with Crippen molar-refractivity contribution in [3.63, 3.8) is 0 Å². The van der Waals surface area contributed by atoms with Gasteiger partial charge in [0.1, 0.15) is 12.1 Å². The first-order valence-electron chi connectivity index (χ1n) is 5.88. The van der Waals surface area contributed by atoms with Crippen molar-refractivity contribution in [1.29, 1.82) is 0 Å². The fourth-order valence-corrected chi connectivity index (χ4v) is 1.58. The van der Waals surface area contributed by atoms with Crippen LogP contribution in [0.1, 0.15) is 18.1 Å². The molecule has 0 amide bonds. The van der Waals surface area contributed by atoms with Gasteiger partial charge in [0, 0.05) is 18.9 Å². The third kappa shape index (κ3) is 2.94. The maximum absolute atomic E-state index is 5.43. The number of nitrogens with zero attached hydrogens (tertiary/aromatic N) is 3. The van der Waals surface area contributed by atoms with E-state index in [0.29, 0.717) is 19.0 Å². The van der Waals surface area contributed by atoms with Crippen LogP contribution in [-0.2, 0) is 6.54 Å². The Morgan fingerprint density at radius 3 is 2.94 bits per heavy atom. The molecule has 0 fully saturated rings. The molecule has 94 valence electrons. The molecule has 0 aliphatic carbocycles. The lowest BCUT2D eigenvalue weighted by Crippen LogP contribution is -2.06. The number of hydrogen-bond donors (Lipinski definition) is 1. The minimum absolute atomic E-state index is 0.597. The molecule has 0 aromatic carbocycles. The largest absolute Gasteiger partial charge is 0.478 e. The van der Waals surface area contributed by atoms with E-state index in [0.717, 1.165) is 16.9 Å². The summed E-state index contributed by atoms with van der Waals surface area (Å²) in [6.45, 7) is 5.15. The van der Waals surface area contributed by atoms with Gasteiger partial charge in [0.05, 0.1) is 12.2 Å². The van der Waals surface area contributed by atoms with Crippen LogP contribution in [0.4, 0.5) is 5.82 Å². The number of ether oxygens (including phenoxy) is 1. The average molecular weight is 244 g/mol. The number of anilines is 1. The molecule has 0 spiro atoms. The summed E-state index contributed by atoms with van der Waals surface area (Å²) in [5.41, 5.74) is 2.02. The van der Waals surface area contributed by atoms with Crippen molar-refractivity contribution in [2.24, 2.45) is 0 Å². The van der Waals surface area contributed by atoms with Gasteiger partial charge < -0.3 is 10.1 Å². The Labute approximate surface area is 106 Å². The molecule has 5 nitrogen and oxygen atoms in total. The van der Waals surface area contributed by atoms with Crippen LogP contribution < -0.4 is 10.1 Å². The Morgan fingerprint density at radius 1 is 1.33 bits per heavy atom. The second-order valence-corrected chi connectivity index (χ2v) is 3.80. The highest BCUT2D eigenvalue weighted by Gasteiger charge is 2.07. The van der Waals surface area contributed by atoms with Gasteiger partial charge >= 0.3 is 0 Å². The second-order valence-electron chi connectivity index (χ2n) is 3.80. The first kappa shape index (κ1) is 12.3. The Kier molecular flexibility index (Phi) is 4.06. The second kappa shape index (κ2) is 5.95. The van der Waals surface area contributed by atoms with E-state index < -0.39 is 0 Å². The number of rotatable bonds is 5. The minimum Gasteiger partial charge on any atom is -0.478 e. The lowest BCUT2D eigenvalue weighted by atomic mass is 10.2. The molecule has 2 heterocycles. The zero-order chi connectivity index (χ0) is 12.8. The molecule has 0 bridgehead atoms. The predicted molar refractivity (Wildman–Crippen MR) is 69.5 cm³/mol. The highest BCUT2D eigenvalue weighted by molar-refractivity contribution is 5.47. The normalized spacial score (nSPS) is 10.1. The van der Waals surface area contributed by atoms with Crippen LogP contribution in [0.5, 0.6) is 5.88 Å². The summed E-state index contributed by atoms with van der Waals surface area (Å²) in [5.74, 6) is 1.42. The molecule has 18 heavy (non-hydrogen) atoms. The van der Waals surface area contributed by atoms with Gasteiger partial charge in [-0.25, -0.2) is 9.97 Å². The van der Waals surface area contributed by atoms with E-state index in [4.69, 9.17) is 4.74 Å². The van der Waals surface area contributed by atoms with Crippen molar-refractivity contribution in [1.82, 2.24) is 15.0 Å². The Bertz CT molecular complexity index is 502. The van der Waals surface area contributed by atoms with Crippen LogP contribution >= 0.6 is 0 Å². The number of pyridine rings is 1. The first-order valence-corrected chi connectivity index (χ1v) is 5.88. The molecule has 2 rings (SSSR count). The van der Waals surface area contributed by atoms with E-state index in [9.17, 15) is 0 Å². The molecule has 5 heteroatoms. The molecule has 0 radical (unpaired) electrons. The molecule has 0 aliphatic heterocycles. The van der Waals surface area contributed by atoms with Gasteiger partial charge in [0.15, 0.2) is 0 Å². The van der Waals surface area contributed by atoms with Crippen LogP contribution in [0.15, 0.2) is 30.9 Å². The van der Waals surface area contributed by atoms with Gasteiger partial charge in [-0.05, 0) is 25.5 Å². The first-order chi connectivity index (χ1) is 8.81. The van der Waals surface area contributed by atoms with E-state index in [1.165, 1.54) is 6.33 Å². The van der Waals surface area contributed by atoms with Gasteiger partial charge in [-0.1, -0.05) is 6.07 Å². The van der Waals surface area contributed by atoms with Gasteiger partial charge in [-0.3, -0.25) is 4.98 Å². The zero-order valence-electron chi connectivity index (χ0n) is 10.6. The molecule has 0 saturated heterocycles.